The molecule has 0 radical (unpaired) electrons. The Morgan fingerprint density at radius 2 is 1.64 bits per heavy atom. The number of rotatable bonds is 8. The molecular formula is C7H18IN3. The third kappa shape index (κ3) is 10.6. The van der Waals surface area contributed by atoms with Crippen molar-refractivity contribution < 1.29 is 0 Å². The summed E-state index contributed by atoms with van der Waals surface area (Å²) < 4.78 is 3.09. The van der Waals surface area contributed by atoms with Gasteiger partial charge < -0.3 is 11.1 Å². The highest BCUT2D eigenvalue weighted by Gasteiger charge is 1.87. The van der Waals surface area contributed by atoms with E-state index in [1.807, 2.05) is 0 Å². The summed E-state index contributed by atoms with van der Waals surface area (Å²) in [6, 6.07) is 0. The van der Waals surface area contributed by atoms with Crippen LogP contribution >= 0.6 is 22.9 Å². The van der Waals surface area contributed by atoms with Gasteiger partial charge in [0.1, 0.15) is 0 Å². The molecule has 0 amide bonds. The molecule has 0 fully saturated rings. The van der Waals surface area contributed by atoms with Crippen molar-refractivity contribution >= 4 is 22.9 Å². The highest BCUT2D eigenvalue weighted by atomic mass is 127. The first-order valence-electron chi connectivity index (χ1n) is 4.16. The van der Waals surface area contributed by atoms with E-state index in [1.165, 1.54) is 12.8 Å². The Labute approximate surface area is 83.0 Å². The van der Waals surface area contributed by atoms with Crippen molar-refractivity contribution in [3.8, 4) is 0 Å². The van der Waals surface area contributed by atoms with Crippen LogP contribution in [0.15, 0.2) is 0 Å². The number of nitrogens with one attached hydrogen (secondary N) is 2. The lowest BCUT2D eigenvalue weighted by Crippen LogP contribution is -2.19. The molecule has 0 aliphatic carbocycles. The minimum atomic E-state index is 0.794. The Kier molecular flexibility index (Phi) is 11.2. The third-order valence-corrected chi connectivity index (χ3v) is 1.97. The molecule has 4 heteroatoms. The van der Waals surface area contributed by atoms with Gasteiger partial charge in [-0.25, -0.2) is 0 Å². The summed E-state index contributed by atoms with van der Waals surface area (Å²) in [6.07, 6.45) is 3.59. The Morgan fingerprint density at radius 1 is 1.00 bits per heavy atom. The van der Waals surface area contributed by atoms with Gasteiger partial charge >= 0.3 is 0 Å². The van der Waals surface area contributed by atoms with E-state index in [4.69, 9.17) is 5.73 Å². The summed E-state index contributed by atoms with van der Waals surface area (Å²) in [5, 5.41) is 3.33. The molecule has 0 saturated heterocycles. The van der Waals surface area contributed by atoms with Crippen LogP contribution < -0.4 is 14.6 Å². The number of unbranched alkanes of at least 4 members (excludes halogenated alkanes) is 1. The average molecular weight is 271 g/mol. The molecule has 0 rings (SSSR count). The molecular weight excluding hydrogens is 253 g/mol. The van der Waals surface area contributed by atoms with Gasteiger partial charge in [-0.05, 0) is 38.9 Å². The van der Waals surface area contributed by atoms with E-state index >= 15 is 0 Å². The highest BCUT2D eigenvalue weighted by Crippen LogP contribution is 1.85. The Balaban J connectivity index is 2.69. The van der Waals surface area contributed by atoms with E-state index in [0.717, 1.165) is 32.6 Å². The van der Waals surface area contributed by atoms with Crippen LogP contribution in [0.5, 0.6) is 0 Å². The molecule has 0 unspecified atom stereocenters. The zero-order chi connectivity index (χ0) is 8.36. The SMILES string of the molecule is NCCCNCCCCNI. The smallest absolute Gasteiger partial charge is 0.0169 e. The molecule has 3 nitrogen and oxygen atoms in total. The van der Waals surface area contributed by atoms with E-state index in [-0.39, 0.29) is 0 Å². The maximum Gasteiger partial charge on any atom is 0.0169 e. The van der Waals surface area contributed by atoms with Gasteiger partial charge in [-0.15, -0.1) is 0 Å². The topological polar surface area (TPSA) is 50.1 Å². The van der Waals surface area contributed by atoms with Gasteiger partial charge in [-0.3, -0.25) is 3.53 Å². The quantitative estimate of drug-likeness (QED) is 0.345. The summed E-state index contributed by atoms with van der Waals surface area (Å²) in [5.41, 5.74) is 5.34. The molecule has 68 valence electrons. The van der Waals surface area contributed by atoms with Crippen LogP contribution in [0.25, 0.3) is 0 Å². The van der Waals surface area contributed by atoms with E-state index < -0.39 is 0 Å². The first kappa shape index (κ1) is 11.6. The summed E-state index contributed by atoms with van der Waals surface area (Å²) in [6.45, 7) is 4.09. The van der Waals surface area contributed by atoms with Crippen LogP contribution in [0.3, 0.4) is 0 Å². The Morgan fingerprint density at radius 3 is 2.27 bits per heavy atom. The van der Waals surface area contributed by atoms with Crippen molar-refractivity contribution in [3.05, 3.63) is 0 Å². The number of hydrogen-bond acceptors (Lipinski definition) is 3. The molecule has 0 aromatic heterocycles. The molecule has 11 heavy (non-hydrogen) atoms. The summed E-state index contributed by atoms with van der Waals surface area (Å²) >= 11 is 2.17. The van der Waals surface area contributed by atoms with Crippen molar-refractivity contribution in [2.75, 3.05) is 26.2 Å². The van der Waals surface area contributed by atoms with E-state index in [9.17, 15) is 0 Å². The maximum absolute atomic E-state index is 5.34. The number of hydrogen-bond donors (Lipinski definition) is 3. The lowest BCUT2D eigenvalue weighted by molar-refractivity contribution is 0.608. The predicted molar refractivity (Wildman–Crippen MR) is 57.8 cm³/mol. The van der Waals surface area contributed by atoms with Gasteiger partial charge in [0.2, 0.25) is 0 Å². The van der Waals surface area contributed by atoms with Crippen molar-refractivity contribution in [1.29, 1.82) is 0 Å². The molecule has 0 spiro atoms. The molecule has 0 aromatic rings. The highest BCUT2D eigenvalue weighted by molar-refractivity contribution is 14.1. The molecule has 0 atom stereocenters. The second kappa shape index (κ2) is 10.6. The van der Waals surface area contributed by atoms with Gasteiger partial charge in [0.15, 0.2) is 0 Å². The van der Waals surface area contributed by atoms with Crippen molar-refractivity contribution in [2.45, 2.75) is 19.3 Å². The van der Waals surface area contributed by atoms with Crippen LogP contribution in [-0.4, -0.2) is 26.2 Å². The molecule has 0 aliphatic heterocycles. The first-order chi connectivity index (χ1) is 5.41. The standard InChI is InChI=1S/C7H18IN3/c8-11-7-2-1-5-10-6-3-4-9/h10-11H,1-7,9H2. The summed E-state index contributed by atoms with van der Waals surface area (Å²) in [4.78, 5) is 0. The number of nitrogens with two attached hydrogens (primary N) is 1. The van der Waals surface area contributed by atoms with Crippen LogP contribution in [0, 0.1) is 0 Å². The minimum absolute atomic E-state index is 0.794. The lowest BCUT2D eigenvalue weighted by Gasteiger charge is -2.02. The van der Waals surface area contributed by atoms with Crippen LogP contribution in [0.4, 0.5) is 0 Å². The van der Waals surface area contributed by atoms with Gasteiger partial charge in [0.05, 0.1) is 0 Å². The average Bonchev–Trinajstić information content (AvgIpc) is 2.03. The number of halogens is 1. The lowest BCUT2D eigenvalue weighted by atomic mass is 10.3. The minimum Gasteiger partial charge on any atom is -0.330 e. The fourth-order valence-corrected chi connectivity index (χ4v) is 1.18. The second-order valence-electron chi connectivity index (χ2n) is 2.48. The molecule has 0 heterocycles. The first-order valence-corrected chi connectivity index (χ1v) is 5.24. The van der Waals surface area contributed by atoms with Crippen LogP contribution in [0.1, 0.15) is 19.3 Å². The van der Waals surface area contributed by atoms with Crippen molar-refractivity contribution in [2.24, 2.45) is 5.73 Å². The molecule has 0 saturated carbocycles. The van der Waals surface area contributed by atoms with E-state index in [2.05, 4.69) is 31.7 Å². The second-order valence-corrected chi connectivity index (χ2v) is 3.25. The normalized spacial score (nSPS) is 10.4. The summed E-state index contributed by atoms with van der Waals surface area (Å²) in [5.74, 6) is 0. The molecule has 0 aliphatic rings. The predicted octanol–water partition coefficient (Wildman–Crippen LogP) is 0.645. The molecule has 0 aromatic carbocycles. The molecule has 0 bridgehead atoms. The van der Waals surface area contributed by atoms with Gasteiger partial charge in [0.25, 0.3) is 0 Å². The van der Waals surface area contributed by atoms with Crippen molar-refractivity contribution in [3.63, 3.8) is 0 Å². The molecule has 4 N–H and O–H groups in total. The van der Waals surface area contributed by atoms with Gasteiger partial charge in [-0.2, -0.15) is 0 Å². The van der Waals surface area contributed by atoms with Gasteiger partial charge in [-0.1, -0.05) is 0 Å². The van der Waals surface area contributed by atoms with Gasteiger partial charge in [0, 0.05) is 29.4 Å². The Bertz CT molecular complexity index is 62.7. The van der Waals surface area contributed by atoms with E-state index in [1.54, 1.807) is 0 Å². The van der Waals surface area contributed by atoms with Crippen LogP contribution in [-0.2, 0) is 0 Å². The van der Waals surface area contributed by atoms with Crippen molar-refractivity contribution in [1.82, 2.24) is 8.85 Å². The maximum atomic E-state index is 5.34. The third-order valence-electron chi connectivity index (χ3n) is 1.43. The monoisotopic (exact) mass is 271 g/mol. The fraction of sp³-hybridized carbons (Fsp3) is 1.00. The summed E-state index contributed by atoms with van der Waals surface area (Å²) in [7, 11) is 0. The zero-order valence-electron chi connectivity index (χ0n) is 6.91. The fourth-order valence-electron chi connectivity index (χ4n) is 0.794. The zero-order valence-corrected chi connectivity index (χ0v) is 9.06. The Hall–Kier alpha value is 0.610. The largest absolute Gasteiger partial charge is 0.330 e. The van der Waals surface area contributed by atoms with Crippen LogP contribution in [0.2, 0.25) is 0 Å². The van der Waals surface area contributed by atoms with E-state index in [0.29, 0.717) is 0 Å².